The number of hydrogen-bond acceptors (Lipinski definition) is 2. The van der Waals surface area contributed by atoms with Crippen molar-refractivity contribution in [3.8, 4) is 0 Å². The first kappa shape index (κ1) is 17.5. The highest BCUT2D eigenvalue weighted by atomic mass is 16.6. The van der Waals surface area contributed by atoms with E-state index in [1.807, 2.05) is 0 Å². The van der Waals surface area contributed by atoms with Gasteiger partial charge in [-0.1, -0.05) is 52.9 Å². The van der Waals surface area contributed by atoms with Crippen molar-refractivity contribution in [2.45, 2.75) is 97.5 Å². The Morgan fingerprint density at radius 1 is 0.944 bits per heavy atom. The number of hydrogen-bond donors (Lipinski definition) is 0. The highest BCUT2D eigenvalue weighted by Crippen LogP contribution is 2.23. The second-order valence-corrected chi connectivity index (χ2v) is 5.55. The van der Waals surface area contributed by atoms with Crippen molar-refractivity contribution in [3.05, 3.63) is 0 Å². The lowest BCUT2D eigenvalue weighted by atomic mass is 9.96. The number of carbonyl (C=O) groups excluding carboxylic acids is 1. The van der Waals surface area contributed by atoms with Crippen molar-refractivity contribution in [1.82, 2.24) is 0 Å². The SMILES string of the molecule is CCCCCCCC(=O)OC(C)(CC)CCCC. The van der Waals surface area contributed by atoms with Crippen LogP contribution in [0.1, 0.15) is 91.9 Å². The largest absolute Gasteiger partial charge is 0.459 e. The molecule has 0 rings (SSSR count). The second kappa shape index (κ2) is 10.4. The number of esters is 1. The molecule has 0 spiro atoms. The average Bonchev–Trinajstić information content (AvgIpc) is 2.36. The standard InChI is InChI=1S/C16H32O2/c1-5-8-10-11-12-13-15(17)18-16(4,7-3)14-9-6-2/h5-14H2,1-4H3. The Hall–Kier alpha value is -0.530. The first-order valence-electron chi connectivity index (χ1n) is 7.79. The molecule has 1 unspecified atom stereocenters. The molecule has 0 aliphatic carbocycles. The Morgan fingerprint density at radius 3 is 2.11 bits per heavy atom. The molecule has 0 aliphatic heterocycles. The Kier molecular flexibility index (Phi) is 10.1. The van der Waals surface area contributed by atoms with Gasteiger partial charge in [0.15, 0.2) is 0 Å². The maximum absolute atomic E-state index is 11.8. The topological polar surface area (TPSA) is 26.3 Å². The average molecular weight is 256 g/mol. The van der Waals surface area contributed by atoms with Crippen LogP contribution in [0.4, 0.5) is 0 Å². The van der Waals surface area contributed by atoms with Crippen molar-refractivity contribution in [2.24, 2.45) is 0 Å². The molecular formula is C16H32O2. The normalized spacial score (nSPS) is 14.2. The summed E-state index contributed by atoms with van der Waals surface area (Å²) in [4.78, 5) is 11.8. The van der Waals surface area contributed by atoms with E-state index in [-0.39, 0.29) is 11.6 Å². The van der Waals surface area contributed by atoms with Gasteiger partial charge in [-0.2, -0.15) is 0 Å². The monoisotopic (exact) mass is 256 g/mol. The van der Waals surface area contributed by atoms with Gasteiger partial charge in [-0.3, -0.25) is 4.79 Å². The molecule has 2 nitrogen and oxygen atoms in total. The van der Waals surface area contributed by atoms with Crippen LogP contribution in [0.25, 0.3) is 0 Å². The molecule has 0 saturated heterocycles. The van der Waals surface area contributed by atoms with Gasteiger partial charge in [0.25, 0.3) is 0 Å². The van der Waals surface area contributed by atoms with Crippen LogP contribution in [-0.2, 0) is 9.53 Å². The summed E-state index contributed by atoms with van der Waals surface area (Å²) < 4.78 is 5.66. The van der Waals surface area contributed by atoms with Crippen molar-refractivity contribution >= 4 is 5.97 Å². The summed E-state index contributed by atoms with van der Waals surface area (Å²) >= 11 is 0. The van der Waals surface area contributed by atoms with Crippen molar-refractivity contribution < 1.29 is 9.53 Å². The van der Waals surface area contributed by atoms with Gasteiger partial charge in [-0.25, -0.2) is 0 Å². The van der Waals surface area contributed by atoms with Crippen LogP contribution in [0.3, 0.4) is 0 Å². The molecule has 0 aromatic rings. The lowest BCUT2D eigenvalue weighted by Gasteiger charge is -2.28. The maximum Gasteiger partial charge on any atom is 0.306 e. The summed E-state index contributed by atoms with van der Waals surface area (Å²) in [6.07, 6.45) is 10.7. The zero-order valence-corrected chi connectivity index (χ0v) is 12.9. The van der Waals surface area contributed by atoms with Crippen LogP contribution in [0.5, 0.6) is 0 Å². The second-order valence-electron chi connectivity index (χ2n) is 5.55. The minimum Gasteiger partial charge on any atom is -0.459 e. The van der Waals surface area contributed by atoms with Crippen LogP contribution < -0.4 is 0 Å². The van der Waals surface area contributed by atoms with Gasteiger partial charge in [-0.05, 0) is 32.6 Å². The summed E-state index contributed by atoms with van der Waals surface area (Å²) in [6.45, 7) is 8.54. The van der Waals surface area contributed by atoms with E-state index in [1.54, 1.807) is 0 Å². The molecule has 108 valence electrons. The molecule has 0 aromatic heterocycles. The van der Waals surface area contributed by atoms with Crippen molar-refractivity contribution in [2.75, 3.05) is 0 Å². The molecule has 0 aliphatic rings. The maximum atomic E-state index is 11.8. The van der Waals surface area contributed by atoms with Crippen molar-refractivity contribution in [1.29, 1.82) is 0 Å². The molecule has 0 radical (unpaired) electrons. The predicted octanol–water partition coefficient (Wildman–Crippen LogP) is 5.25. The van der Waals surface area contributed by atoms with E-state index in [4.69, 9.17) is 4.74 Å². The molecule has 18 heavy (non-hydrogen) atoms. The molecule has 0 N–H and O–H groups in total. The quantitative estimate of drug-likeness (QED) is 0.373. The van der Waals surface area contributed by atoms with Gasteiger partial charge in [0.05, 0.1) is 0 Å². The van der Waals surface area contributed by atoms with Crippen molar-refractivity contribution in [3.63, 3.8) is 0 Å². The first-order valence-corrected chi connectivity index (χ1v) is 7.79. The van der Waals surface area contributed by atoms with E-state index in [1.165, 1.54) is 19.3 Å². The van der Waals surface area contributed by atoms with Crippen LogP contribution in [-0.4, -0.2) is 11.6 Å². The summed E-state index contributed by atoms with van der Waals surface area (Å²) in [6, 6.07) is 0. The van der Waals surface area contributed by atoms with Gasteiger partial charge in [-0.15, -0.1) is 0 Å². The van der Waals surface area contributed by atoms with E-state index in [0.717, 1.165) is 38.5 Å². The van der Waals surface area contributed by atoms with Gasteiger partial charge in [0.1, 0.15) is 5.60 Å². The molecule has 1 atom stereocenters. The van der Waals surface area contributed by atoms with Crippen LogP contribution in [0, 0.1) is 0 Å². The third-order valence-electron chi connectivity index (χ3n) is 3.65. The fourth-order valence-electron chi connectivity index (χ4n) is 2.05. The Labute approximate surface area is 113 Å². The van der Waals surface area contributed by atoms with E-state index in [0.29, 0.717) is 6.42 Å². The van der Waals surface area contributed by atoms with Crippen LogP contribution in [0.15, 0.2) is 0 Å². The summed E-state index contributed by atoms with van der Waals surface area (Å²) in [5.74, 6) is -0.00745. The zero-order valence-electron chi connectivity index (χ0n) is 12.9. The molecule has 0 bridgehead atoms. The number of carbonyl (C=O) groups is 1. The van der Waals surface area contributed by atoms with E-state index < -0.39 is 0 Å². The van der Waals surface area contributed by atoms with Gasteiger partial charge in [0, 0.05) is 6.42 Å². The minimum absolute atomic E-state index is 0.00745. The number of ether oxygens (including phenoxy) is 1. The fraction of sp³-hybridized carbons (Fsp3) is 0.938. The number of unbranched alkanes of at least 4 members (excludes halogenated alkanes) is 5. The third-order valence-corrected chi connectivity index (χ3v) is 3.65. The summed E-state index contributed by atoms with van der Waals surface area (Å²) in [7, 11) is 0. The van der Waals surface area contributed by atoms with Gasteiger partial charge in [0.2, 0.25) is 0 Å². The summed E-state index contributed by atoms with van der Waals surface area (Å²) in [5, 5.41) is 0. The highest BCUT2D eigenvalue weighted by molar-refractivity contribution is 5.69. The van der Waals surface area contributed by atoms with Crippen LogP contribution >= 0.6 is 0 Å². The van der Waals surface area contributed by atoms with Crippen LogP contribution in [0.2, 0.25) is 0 Å². The lowest BCUT2D eigenvalue weighted by Crippen LogP contribution is -2.30. The summed E-state index contributed by atoms with van der Waals surface area (Å²) in [5.41, 5.74) is -0.240. The smallest absolute Gasteiger partial charge is 0.306 e. The highest BCUT2D eigenvalue weighted by Gasteiger charge is 2.25. The molecule has 0 saturated carbocycles. The minimum atomic E-state index is -0.240. The molecule has 0 amide bonds. The van der Waals surface area contributed by atoms with Gasteiger partial charge >= 0.3 is 5.97 Å². The zero-order chi connectivity index (χ0) is 13.9. The molecular weight excluding hydrogens is 224 g/mol. The predicted molar refractivity (Wildman–Crippen MR) is 77.7 cm³/mol. The van der Waals surface area contributed by atoms with E-state index in [9.17, 15) is 4.79 Å². The molecule has 0 aromatic carbocycles. The Morgan fingerprint density at radius 2 is 1.56 bits per heavy atom. The van der Waals surface area contributed by atoms with E-state index >= 15 is 0 Å². The molecule has 0 heterocycles. The Balaban J connectivity index is 3.81. The fourth-order valence-corrected chi connectivity index (χ4v) is 2.05. The first-order chi connectivity index (χ1) is 8.58. The third kappa shape index (κ3) is 8.54. The van der Waals surface area contributed by atoms with Gasteiger partial charge < -0.3 is 4.74 Å². The van der Waals surface area contributed by atoms with E-state index in [2.05, 4.69) is 27.7 Å². The molecule has 2 heteroatoms. The lowest BCUT2D eigenvalue weighted by molar-refractivity contribution is -0.159. The molecule has 0 fully saturated rings. The Bertz CT molecular complexity index is 213. The number of rotatable bonds is 11.